The van der Waals surface area contributed by atoms with E-state index >= 15 is 0 Å². The van der Waals surface area contributed by atoms with Crippen LogP contribution in [0.1, 0.15) is 23.8 Å². The van der Waals surface area contributed by atoms with Crippen LogP contribution in [0.5, 0.6) is 5.75 Å². The molecule has 2 rings (SSSR count). The highest BCUT2D eigenvalue weighted by Gasteiger charge is 2.05. The molecule has 0 amide bonds. The smallest absolute Gasteiger partial charge is 0.182 e. The summed E-state index contributed by atoms with van der Waals surface area (Å²) >= 11 is 7.73. The summed E-state index contributed by atoms with van der Waals surface area (Å²) in [4.78, 5) is 5.38. The van der Waals surface area contributed by atoms with Crippen molar-refractivity contribution in [1.29, 1.82) is 0 Å². The molecule has 0 aliphatic heterocycles. The fourth-order valence-corrected chi connectivity index (χ4v) is 2.60. The van der Waals surface area contributed by atoms with E-state index in [4.69, 9.17) is 16.3 Å². The zero-order chi connectivity index (χ0) is 13.7. The predicted octanol–water partition coefficient (Wildman–Crippen LogP) is 4.51. The standard InChI is InChI=1S/C14H17ClN2OS/c1-3-6-16-14-17-8-11(19-14)9-18-13-5-4-10(2)7-12(13)15/h4-5,7-8H,3,6,9H2,1-2H3,(H,16,17). The summed E-state index contributed by atoms with van der Waals surface area (Å²) < 4.78 is 5.71. The van der Waals surface area contributed by atoms with E-state index in [1.165, 1.54) is 0 Å². The van der Waals surface area contributed by atoms with Gasteiger partial charge in [-0.05, 0) is 31.0 Å². The minimum absolute atomic E-state index is 0.494. The number of thiazole rings is 1. The maximum atomic E-state index is 6.12. The largest absolute Gasteiger partial charge is 0.486 e. The molecule has 0 saturated carbocycles. The quantitative estimate of drug-likeness (QED) is 0.852. The molecular formula is C14H17ClN2OS. The summed E-state index contributed by atoms with van der Waals surface area (Å²) in [5.41, 5.74) is 1.13. The number of rotatable bonds is 6. The first-order chi connectivity index (χ1) is 9.19. The summed E-state index contributed by atoms with van der Waals surface area (Å²) in [7, 11) is 0. The van der Waals surface area contributed by atoms with Gasteiger partial charge in [0.05, 0.1) is 9.90 Å². The average molecular weight is 297 g/mol. The van der Waals surface area contributed by atoms with Gasteiger partial charge in [-0.25, -0.2) is 4.98 Å². The molecule has 0 aliphatic rings. The first-order valence-electron chi connectivity index (χ1n) is 6.26. The van der Waals surface area contributed by atoms with Crippen LogP contribution >= 0.6 is 22.9 Å². The predicted molar refractivity (Wildman–Crippen MR) is 81.4 cm³/mol. The van der Waals surface area contributed by atoms with E-state index < -0.39 is 0 Å². The van der Waals surface area contributed by atoms with Crippen molar-refractivity contribution in [2.45, 2.75) is 26.9 Å². The molecule has 0 bridgehead atoms. The van der Waals surface area contributed by atoms with Gasteiger partial charge in [-0.3, -0.25) is 0 Å². The first-order valence-corrected chi connectivity index (χ1v) is 7.46. The Morgan fingerprint density at radius 1 is 1.42 bits per heavy atom. The van der Waals surface area contributed by atoms with E-state index in [0.29, 0.717) is 17.4 Å². The number of nitrogens with zero attached hydrogens (tertiary/aromatic N) is 1. The van der Waals surface area contributed by atoms with E-state index in [1.54, 1.807) is 11.3 Å². The monoisotopic (exact) mass is 296 g/mol. The molecule has 1 heterocycles. The fraction of sp³-hybridized carbons (Fsp3) is 0.357. The van der Waals surface area contributed by atoms with E-state index in [9.17, 15) is 0 Å². The number of nitrogens with one attached hydrogen (secondary N) is 1. The summed E-state index contributed by atoms with van der Waals surface area (Å²) in [5, 5.41) is 4.84. The molecule has 0 spiro atoms. The summed E-state index contributed by atoms with van der Waals surface area (Å²) in [6, 6.07) is 5.79. The molecule has 0 aliphatic carbocycles. The highest BCUT2D eigenvalue weighted by molar-refractivity contribution is 7.15. The number of aromatic nitrogens is 1. The van der Waals surface area contributed by atoms with Crippen LogP contribution in [0.25, 0.3) is 0 Å². The Kier molecular flexibility index (Phi) is 5.05. The van der Waals surface area contributed by atoms with Crippen LogP contribution in [0.3, 0.4) is 0 Å². The van der Waals surface area contributed by atoms with Gasteiger partial charge in [-0.2, -0.15) is 0 Å². The third kappa shape index (κ3) is 4.11. The van der Waals surface area contributed by atoms with Gasteiger partial charge < -0.3 is 10.1 Å². The Labute approximate surface area is 122 Å². The lowest BCUT2D eigenvalue weighted by atomic mass is 10.2. The van der Waals surface area contributed by atoms with Crippen LogP contribution in [-0.2, 0) is 6.61 Å². The van der Waals surface area contributed by atoms with Gasteiger partial charge in [0.25, 0.3) is 0 Å². The zero-order valence-electron chi connectivity index (χ0n) is 11.1. The maximum Gasteiger partial charge on any atom is 0.182 e. The van der Waals surface area contributed by atoms with Gasteiger partial charge in [-0.1, -0.05) is 35.9 Å². The summed E-state index contributed by atoms with van der Waals surface area (Å²) in [5.74, 6) is 0.712. The van der Waals surface area contributed by atoms with Crippen molar-refractivity contribution >= 4 is 28.1 Å². The first kappa shape index (κ1) is 14.2. The van der Waals surface area contributed by atoms with Crippen LogP contribution in [0.2, 0.25) is 5.02 Å². The summed E-state index contributed by atoms with van der Waals surface area (Å²) in [6.07, 6.45) is 2.93. The van der Waals surface area contributed by atoms with Crippen molar-refractivity contribution < 1.29 is 4.74 Å². The van der Waals surface area contributed by atoms with Crippen molar-refractivity contribution in [3.63, 3.8) is 0 Å². The molecule has 3 nitrogen and oxygen atoms in total. The second-order valence-corrected chi connectivity index (χ2v) is 5.80. The van der Waals surface area contributed by atoms with Crippen molar-refractivity contribution in [3.05, 3.63) is 39.9 Å². The van der Waals surface area contributed by atoms with Gasteiger partial charge in [-0.15, -0.1) is 0 Å². The number of hydrogen-bond acceptors (Lipinski definition) is 4. The van der Waals surface area contributed by atoms with E-state index in [-0.39, 0.29) is 0 Å². The normalized spacial score (nSPS) is 10.5. The Hall–Kier alpha value is -1.26. The molecule has 0 atom stereocenters. The molecule has 102 valence electrons. The van der Waals surface area contributed by atoms with Crippen molar-refractivity contribution in [2.24, 2.45) is 0 Å². The van der Waals surface area contributed by atoms with Crippen LogP contribution in [0.4, 0.5) is 5.13 Å². The summed E-state index contributed by atoms with van der Waals surface area (Å²) in [6.45, 7) is 5.57. The molecule has 1 N–H and O–H groups in total. The Morgan fingerprint density at radius 2 is 2.26 bits per heavy atom. The lowest BCUT2D eigenvalue weighted by molar-refractivity contribution is 0.309. The van der Waals surface area contributed by atoms with Crippen LogP contribution < -0.4 is 10.1 Å². The molecule has 2 aromatic rings. The van der Waals surface area contributed by atoms with Crippen molar-refractivity contribution in [3.8, 4) is 5.75 Å². The number of aryl methyl sites for hydroxylation is 1. The zero-order valence-corrected chi connectivity index (χ0v) is 12.6. The molecule has 1 aromatic carbocycles. The lowest BCUT2D eigenvalue weighted by Gasteiger charge is -2.06. The minimum Gasteiger partial charge on any atom is -0.486 e. The minimum atomic E-state index is 0.494. The van der Waals surface area contributed by atoms with Gasteiger partial charge in [0.1, 0.15) is 12.4 Å². The van der Waals surface area contributed by atoms with Gasteiger partial charge in [0, 0.05) is 12.7 Å². The van der Waals surface area contributed by atoms with Crippen molar-refractivity contribution in [2.75, 3.05) is 11.9 Å². The molecule has 5 heteroatoms. The Morgan fingerprint density at radius 3 is 3.00 bits per heavy atom. The topological polar surface area (TPSA) is 34.2 Å². The maximum absolute atomic E-state index is 6.12. The lowest BCUT2D eigenvalue weighted by Crippen LogP contribution is -1.97. The molecule has 0 saturated heterocycles. The molecule has 0 radical (unpaired) electrons. The van der Waals surface area contributed by atoms with Gasteiger partial charge in [0.2, 0.25) is 0 Å². The van der Waals surface area contributed by atoms with E-state index in [1.807, 2.05) is 31.3 Å². The highest BCUT2D eigenvalue weighted by Crippen LogP contribution is 2.27. The Bertz CT molecular complexity index is 542. The van der Waals surface area contributed by atoms with E-state index in [0.717, 1.165) is 28.5 Å². The van der Waals surface area contributed by atoms with Crippen LogP contribution in [-0.4, -0.2) is 11.5 Å². The number of hydrogen-bond donors (Lipinski definition) is 1. The number of ether oxygens (including phenoxy) is 1. The SMILES string of the molecule is CCCNc1ncc(COc2ccc(C)cc2Cl)s1. The van der Waals surface area contributed by atoms with Crippen molar-refractivity contribution in [1.82, 2.24) is 4.98 Å². The third-order valence-corrected chi connectivity index (χ3v) is 3.76. The van der Waals surface area contributed by atoms with Gasteiger partial charge >= 0.3 is 0 Å². The highest BCUT2D eigenvalue weighted by atomic mass is 35.5. The van der Waals surface area contributed by atoms with E-state index in [2.05, 4.69) is 17.2 Å². The molecule has 0 fully saturated rings. The number of halogens is 1. The molecule has 0 unspecified atom stereocenters. The Balaban J connectivity index is 1.92. The molecule has 1 aromatic heterocycles. The third-order valence-electron chi connectivity index (χ3n) is 2.54. The number of anilines is 1. The number of benzene rings is 1. The fourth-order valence-electron chi connectivity index (χ4n) is 1.56. The second-order valence-electron chi connectivity index (χ2n) is 4.28. The molecular weight excluding hydrogens is 280 g/mol. The van der Waals surface area contributed by atoms with Crippen LogP contribution in [0.15, 0.2) is 24.4 Å². The molecule has 19 heavy (non-hydrogen) atoms. The second kappa shape index (κ2) is 6.78. The van der Waals surface area contributed by atoms with Gasteiger partial charge in [0.15, 0.2) is 5.13 Å². The van der Waals surface area contributed by atoms with Crippen LogP contribution in [0, 0.1) is 6.92 Å². The average Bonchev–Trinajstić information content (AvgIpc) is 2.83.